The number of aliphatic carboxylic acids is 1. The van der Waals surface area contributed by atoms with Crippen molar-refractivity contribution in [2.45, 2.75) is 45.1 Å². The maximum Gasteiger partial charge on any atom is 0.331 e. The van der Waals surface area contributed by atoms with E-state index in [1.807, 2.05) is 36.4 Å². The zero-order chi connectivity index (χ0) is 24.4. The van der Waals surface area contributed by atoms with E-state index in [1.54, 1.807) is 19.2 Å². The summed E-state index contributed by atoms with van der Waals surface area (Å²) in [5.74, 6) is -1.16. The van der Waals surface area contributed by atoms with Gasteiger partial charge in [-0.3, -0.25) is 9.59 Å². The van der Waals surface area contributed by atoms with E-state index in [9.17, 15) is 19.5 Å². The van der Waals surface area contributed by atoms with Crippen molar-refractivity contribution in [2.24, 2.45) is 0 Å². The highest BCUT2D eigenvalue weighted by molar-refractivity contribution is 5.99. The molecule has 0 aromatic heterocycles. The summed E-state index contributed by atoms with van der Waals surface area (Å²) >= 11 is 0. The Morgan fingerprint density at radius 3 is 2.27 bits per heavy atom. The molecule has 1 heterocycles. The monoisotopic (exact) mass is 452 g/mol. The van der Waals surface area contributed by atoms with Crippen LogP contribution >= 0.6 is 0 Å². The van der Waals surface area contributed by atoms with Crippen LogP contribution in [0, 0.1) is 0 Å². The number of piperazine rings is 1. The molecule has 7 nitrogen and oxygen atoms in total. The van der Waals surface area contributed by atoms with Gasteiger partial charge in [-0.15, -0.1) is 0 Å². The van der Waals surface area contributed by atoms with E-state index < -0.39 is 17.4 Å². The first-order valence-corrected chi connectivity index (χ1v) is 11.0. The van der Waals surface area contributed by atoms with Crippen LogP contribution in [-0.2, 0) is 21.4 Å². The lowest BCUT2D eigenvalue weighted by molar-refractivity contribution is -0.156. The molecule has 1 aliphatic rings. The van der Waals surface area contributed by atoms with Crippen LogP contribution in [0.1, 0.15) is 49.2 Å². The minimum Gasteiger partial charge on any atom is -0.496 e. The molecule has 2 aromatic rings. The van der Waals surface area contributed by atoms with Crippen molar-refractivity contribution in [3.8, 4) is 5.75 Å². The van der Waals surface area contributed by atoms with E-state index in [2.05, 4.69) is 20.8 Å². The molecule has 1 N–H and O–H groups in total. The fraction of sp³-hybridized carbons (Fsp3) is 0.423. The molecule has 0 radical (unpaired) electrons. The van der Waals surface area contributed by atoms with Crippen LogP contribution < -0.4 is 4.74 Å². The van der Waals surface area contributed by atoms with Crippen LogP contribution in [0.4, 0.5) is 0 Å². The van der Waals surface area contributed by atoms with Crippen molar-refractivity contribution < 1.29 is 24.2 Å². The molecule has 1 unspecified atom stereocenters. The lowest BCUT2D eigenvalue weighted by atomic mass is 9.84. The lowest BCUT2D eigenvalue weighted by Crippen LogP contribution is -2.69. The average Bonchev–Trinajstić information content (AvgIpc) is 2.78. The number of carboxylic acid groups (broad SMARTS) is 1. The Balaban J connectivity index is 2.07. The third kappa shape index (κ3) is 4.87. The maximum atomic E-state index is 13.7. The fourth-order valence-electron chi connectivity index (χ4n) is 4.42. The van der Waals surface area contributed by atoms with E-state index in [-0.39, 0.29) is 37.4 Å². The number of rotatable bonds is 5. The van der Waals surface area contributed by atoms with Gasteiger partial charge in [-0.1, -0.05) is 57.2 Å². The zero-order valence-corrected chi connectivity index (χ0v) is 19.9. The van der Waals surface area contributed by atoms with Gasteiger partial charge in [-0.25, -0.2) is 4.79 Å². The molecular formula is C26H32N2O5. The van der Waals surface area contributed by atoms with Gasteiger partial charge in [-0.2, -0.15) is 0 Å². The smallest absolute Gasteiger partial charge is 0.331 e. The van der Waals surface area contributed by atoms with E-state index in [4.69, 9.17) is 4.74 Å². The van der Waals surface area contributed by atoms with Crippen molar-refractivity contribution in [1.82, 2.24) is 9.80 Å². The van der Waals surface area contributed by atoms with E-state index in [0.29, 0.717) is 11.3 Å². The van der Waals surface area contributed by atoms with Crippen molar-refractivity contribution in [3.05, 3.63) is 65.2 Å². The van der Waals surface area contributed by atoms with Crippen LogP contribution in [0.15, 0.2) is 48.5 Å². The molecule has 2 amide bonds. The first-order valence-electron chi connectivity index (χ1n) is 11.0. The summed E-state index contributed by atoms with van der Waals surface area (Å²) in [6, 6.07) is 14.4. The molecule has 1 aliphatic heterocycles. The molecule has 0 saturated carbocycles. The van der Waals surface area contributed by atoms with Crippen LogP contribution in [0.3, 0.4) is 0 Å². The van der Waals surface area contributed by atoms with Crippen molar-refractivity contribution in [3.63, 3.8) is 0 Å². The molecule has 2 aromatic carbocycles. The van der Waals surface area contributed by atoms with Crippen LogP contribution in [0.2, 0.25) is 0 Å². The van der Waals surface area contributed by atoms with Gasteiger partial charge in [0.15, 0.2) is 5.54 Å². The molecule has 7 heteroatoms. The van der Waals surface area contributed by atoms with E-state index in [1.165, 1.54) is 16.7 Å². The Morgan fingerprint density at radius 1 is 1.06 bits per heavy atom. The van der Waals surface area contributed by atoms with Crippen LogP contribution in [0.25, 0.3) is 0 Å². The largest absolute Gasteiger partial charge is 0.496 e. The van der Waals surface area contributed by atoms with E-state index >= 15 is 0 Å². The minimum absolute atomic E-state index is 0.0739. The van der Waals surface area contributed by atoms with Gasteiger partial charge in [0, 0.05) is 32.0 Å². The minimum atomic E-state index is -1.59. The Morgan fingerprint density at radius 2 is 1.73 bits per heavy atom. The van der Waals surface area contributed by atoms with Gasteiger partial charge in [0.25, 0.3) is 5.91 Å². The highest BCUT2D eigenvalue weighted by Gasteiger charge is 2.51. The second-order valence-corrected chi connectivity index (χ2v) is 9.56. The third-order valence-corrected chi connectivity index (χ3v) is 6.25. The second-order valence-electron chi connectivity index (χ2n) is 9.56. The second kappa shape index (κ2) is 9.25. The number of nitrogens with zero attached hydrogens (tertiary/aromatic N) is 2. The van der Waals surface area contributed by atoms with Crippen molar-refractivity contribution >= 4 is 17.8 Å². The topological polar surface area (TPSA) is 87.2 Å². The van der Waals surface area contributed by atoms with Crippen molar-refractivity contribution in [2.75, 3.05) is 26.7 Å². The number of amides is 2. The predicted octanol–water partition coefficient (Wildman–Crippen LogP) is 3.36. The first-order chi connectivity index (χ1) is 15.5. The van der Waals surface area contributed by atoms with Gasteiger partial charge in [0.2, 0.25) is 5.91 Å². The van der Waals surface area contributed by atoms with Gasteiger partial charge in [-0.05, 0) is 28.7 Å². The fourth-order valence-corrected chi connectivity index (χ4v) is 4.42. The number of carboxylic acids is 1. The van der Waals surface area contributed by atoms with Gasteiger partial charge in [0.1, 0.15) is 5.75 Å². The summed E-state index contributed by atoms with van der Waals surface area (Å²) in [7, 11) is 1.56. The quantitative estimate of drug-likeness (QED) is 0.752. The van der Waals surface area contributed by atoms with Crippen LogP contribution in [0.5, 0.6) is 5.75 Å². The molecule has 0 aliphatic carbocycles. The molecule has 176 valence electrons. The highest BCUT2D eigenvalue weighted by atomic mass is 16.5. The number of hydrogen-bond acceptors (Lipinski definition) is 4. The maximum absolute atomic E-state index is 13.7. The summed E-state index contributed by atoms with van der Waals surface area (Å²) in [6.07, 6.45) is 0.0932. The van der Waals surface area contributed by atoms with Crippen molar-refractivity contribution in [1.29, 1.82) is 0 Å². The summed E-state index contributed by atoms with van der Waals surface area (Å²) < 4.78 is 5.55. The zero-order valence-electron chi connectivity index (χ0n) is 19.9. The molecule has 0 spiro atoms. The third-order valence-electron chi connectivity index (χ3n) is 6.25. The number of ether oxygens (including phenoxy) is 1. The number of benzene rings is 2. The molecule has 3 rings (SSSR count). The molecule has 33 heavy (non-hydrogen) atoms. The SMILES string of the molecule is COc1cc(C(=O)N2CCN(C(C)=O)CC2(Cc2ccccc2)C(=O)O)ccc1C(C)(C)C. The standard InChI is InChI=1S/C26H32N2O5/c1-18(29)27-13-14-28(26(17-27,24(31)32)16-19-9-7-6-8-10-19)23(30)20-11-12-21(25(2,3)4)22(15-20)33-5/h6-12,15H,13-14,16-17H2,1-5H3,(H,31,32). The Labute approximate surface area is 195 Å². The molecule has 1 atom stereocenters. The normalized spacial score (nSPS) is 18.7. The number of methoxy groups -OCH3 is 1. The highest BCUT2D eigenvalue weighted by Crippen LogP contribution is 2.34. The lowest BCUT2D eigenvalue weighted by Gasteiger charge is -2.48. The summed E-state index contributed by atoms with van der Waals surface area (Å²) in [5, 5.41) is 10.4. The van der Waals surface area contributed by atoms with E-state index in [0.717, 1.165) is 11.1 Å². The van der Waals surface area contributed by atoms with Gasteiger partial charge < -0.3 is 19.6 Å². The molecule has 1 fully saturated rings. The summed E-state index contributed by atoms with van der Waals surface area (Å²) in [6.45, 7) is 7.93. The number of hydrogen-bond donors (Lipinski definition) is 1. The molecule has 0 bridgehead atoms. The summed E-state index contributed by atoms with van der Waals surface area (Å²) in [4.78, 5) is 41.5. The number of carbonyl (C=O) groups is 3. The number of carbonyl (C=O) groups excluding carboxylic acids is 2. The summed E-state index contributed by atoms with van der Waals surface area (Å²) in [5.41, 5.74) is 0.325. The Kier molecular flexibility index (Phi) is 6.81. The molecule has 1 saturated heterocycles. The average molecular weight is 453 g/mol. The Hall–Kier alpha value is -3.35. The predicted molar refractivity (Wildman–Crippen MR) is 125 cm³/mol. The van der Waals surface area contributed by atoms with Gasteiger partial charge in [0.05, 0.1) is 13.7 Å². The van der Waals surface area contributed by atoms with Crippen LogP contribution in [-0.4, -0.2) is 65.0 Å². The van der Waals surface area contributed by atoms with Gasteiger partial charge >= 0.3 is 5.97 Å². The Bertz CT molecular complexity index is 1040. The first kappa shape index (κ1) is 24.3. The molecular weight excluding hydrogens is 420 g/mol.